The molecular weight excluding hydrogens is 193 g/mol. The number of nitrogens with two attached hydrogens (primary N) is 1. The minimum atomic E-state index is -0.256. The summed E-state index contributed by atoms with van der Waals surface area (Å²) in [4.78, 5) is 0. The summed E-state index contributed by atoms with van der Waals surface area (Å²) in [6.45, 7) is 4.61. The molecule has 2 N–H and O–H groups in total. The summed E-state index contributed by atoms with van der Waals surface area (Å²) in [6.07, 6.45) is 1.65. The molecule has 0 aliphatic carbocycles. The van der Waals surface area contributed by atoms with Crippen molar-refractivity contribution in [3.05, 3.63) is 29.6 Å². The second-order valence-electron chi connectivity index (χ2n) is 3.55. The van der Waals surface area contributed by atoms with Gasteiger partial charge in [0.25, 0.3) is 0 Å². The summed E-state index contributed by atoms with van der Waals surface area (Å²) in [6, 6.07) is 4.49. The quantitative estimate of drug-likeness (QED) is 0.812. The van der Waals surface area contributed by atoms with Gasteiger partial charge in [-0.1, -0.05) is 13.8 Å². The Morgan fingerprint density at radius 1 is 1.40 bits per heavy atom. The van der Waals surface area contributed by atoms with E-state index in [0.29, 0.717) is 24.3 Å². The van der Waals surface area contributed by atoms with Crippen molar-refractivity contribution in [1.82, 2.24) is 0 Å². The van der Waals surface area contributed by atoms with Gasteiger partial charge in [0, 0.05) is 11.6 Å². The highest BCUT2D eigenvalue weighted by molar-refractivity contribution is 5.31. The maximum Gasteiger partial charge on any atom is 0.128 e. The second-order valence-corrected chi connectivity index (χ2v) is 3.55. The Labute approximate surface area is 90.2 Å². The van der Waals surface area contributed by atoms with Gasteiger partial charge >= 0.3 is 0 Å². The van der Waals surface area contributed by atoms with Gasteiger partial charge in [-0.25, -0.2) is 4.39 Å². The summed E-state index contributed by atoms with van der Waals surface area (Å²) >= 11 is 0. The first kappa shape index (κ1) is 12.0. The molecule has 0 aliphatic rings. The molecule has 0 bridgehead atoms. The van der Waals surface area contributed by atoms with Crippen LogP contribution in [0.25, 0.3) is 0 Å². The number of ether oxygens (including phenoxy) is 1. The average molecular weight is 211 g/mol. The molecule has 0 aliphatic heterocycles. The normalized spacial score (nSPS) is 12.5. The van der Waals surface area contributed by atoms with Crippen LogP contribution in [0.5, 0.6) is 5.75 Å². The van der Waals surface area contributed by atoms with Crippen LogP contribution in [0.2, 0.25) is 0 Å². The molecular formula is C12H18FNO. The summed E-state index contributed by atoms with van der Waals surface area (Å²) in [5, 5.41) is 0. The van der Waals surface area contributed by atoms with Crippen LogP contribution in [0.1, 0.15) is 38.3 Å². The van der Waals surface area contributed by atoms with Crippen molar-refractivity contribution in [2.24, 2.45) is 5.73 Å². The summed E-state index contributed by atoms with van der Waals surface area (Å²) in [7, 11) is 0. The molecule has 2 nitrogen and oxygen atoms in total. The molecule has 84 valence electrons. The largest absolute Gasteiger partial charge is 0.494 e. The van der Waals surface area contributed by atoms with Crippen molar-refractivity contribution in [2.75, 3.05) is 6.61 Å². The standard InChI is InChI=1S/C12H18FNO/c1-3-7-15-9-5-6-11(13)10(8-9)12(14)4-2/h5-6,8,12H,3-4,7,14H2,1-2H3. The van der Waals surface area contributed by atoms with Gasteiger partial charge in [0.15, 0.2) is 0 Å². The first-order valence-electron chi connectivity index (χ1n) is 5.36. The average Bonchev–Trinajstić information content (AvgIpc) is 2.27. The lowest BCUT2D eigenvalue weighted by molar-refractivity contribution is 0.316. The number of hydrogen-bond donors (Lipinski definition) is 1. The van der Waals surface area contributed by atoms with Gasteiger partial charge in [0.05, 0.1) is 6.61 Å². The van der Waals surface area contributed by atoms with Gasteiger partial charge in [0.2, 0.25) is 0 Å². The summed E-state index contributed by atoms with van der Waals surface area (Å²) in [5.41, 5.74) is 6.33. The predicted molar refractivity (Wildman–Crippen MR) is 59.4 cm³/mol. The Morgan fingerprint density at radius 3 is 2.73 bits per heavy atom. The number of hydrogen-bond acceptors (Lipinski definition) is 2. The molecule has 1 unspecified atom stereocenters. The highest BCUT2D eigenvalue weighted by atomic mass is 19.1. The first-order valence-corrected chi connectivity index (χ1v) is 5.36. The van der Waals surface area contributed by atoms with Crippen LogP contribution in [0.15, 0.2) is 18.2 Å². The van der Waals surface area contributed by atoms with Crippen molar-refractivity contribution in [1.29, 1.82) is 0 Å². The van der Waals surface area contributed by atoms with Crippen LogP contribution in [0.3, 0.4) is 0 Å². The third-order valence-corrected chi connectivity index (χ3v) is 2.28. The van der Waals surface area contributed by atoms with E-state index < -0.39 is 0 Å². The highest BCUT2D eigenvalue weighted by Crippen LogP contribution is 2.23. The lowest BCUT2D eigenvalue weighted by Gasteiger charge is -2.12. The fourth-order valence-corrected chi connectivity index (χ4v) is 1.34. The lowest BCUT2D eigenvalue weighted by atomic mass is 10.0. The van der Waals surface area contributed by atoms with E-state index in [1.165, 1.54) is 6.07 Å². The van der Waals surface area contributed by atoms with Crippen molar-refractivity contribution in [3.63, 3.8) is 0 Å². The summed E-state index contributed by atoms with van der Waals surface area (Å²) in [5.74, 6) is 0.436. The molecule has 15 heavy (non-hydrogen) atoms. The number of rotatable bonds is 5. The van der Waals surface area contributed by atoms with Crippen LogP contribution < -0.4 is 10.5 Å². The lowest BCUT2D eigenvalue weighted by Crippen LogP contribution is -2.11. The monoisotopic (exact) mass is 211 g/mol. The van der Waals surface area contributed by atoms with E-state index in [-0.39, 0.29) is 11.9 Å². The van der Waals surface area contributed by atoms with Crippen LogP contribution in [-0.2, 0) is 0 Å². The van der Waals surface area contributed by atoms with E-state index in [1.54, 1.807) is 12.1 Å². The van der Waals surface area contributed by atoms with Crippen molar-refractivity contribution in [2.45, 2.75) is 32.7 Å². The third kappa shape index (κ3) is 3.20. The van der Waals surface area contributed by atoms with Gasteiger partial charge in [0.1, 0.15) is 11.6 Å². The Morgan fingerprint density at radius 2 is 2.13 bits per heavy atom. The molecule has 0 saturated carbocycles. The van der Waals surface area contributed by atoms with Gasteiger partial charge in [-0.05, 0) is 31.0 Å². The smallest absolute Gasteiger partial charge is 0.128 e. The van der Waals surface area contributed by atoms with Crippen LogP contribution in [0.4, 0.5) is 4.39 Å². The van der Waals surface area contributed by atoms with Gasteiger partial charge < -0.3 is 10.5 Å². The highest BCUT2D eigenvalue weighted by Gasteiger charge is 2.10. The van der Waals surface area contributed by atoms with Crippen LogP contribution in [0, 0.1) is 5.82 Å². The molecule has 0 heterocycles. The van der Waals surface area contributed by atoms with Crippen molar-refractivity contribution in [3.8, 4) is 5.75 Å². The fraction of sp³-hybridized carbons (Fsp3) is 0.500. The van der Waals surface area contributed by atoms with E-state index in [4.69, 9.17) is 10.5 Å². The zero-order chi connectivity index (χ0) is 11.3. The van der Waals surface area contributed by atoms with Gasteiger partial charge in [-0.15, -0.1) is 0 Å². The molecule has 1 rings (SSSR count). The van der Waals surface area contributed by atoms with Gasteiger partial charge in [-0.2, -0.15) is 0 Å². The number of halogens is 1. The van der Waals surface area contributed by atoms with Gasteiger partial charge in [-0.3, -0.25) is 0 Å². The molecule has 0 fully saturated rings. The molecule has 3 heteroatoms. The minimum absolute atomic E-state index is 0.254. The molecule has 0 spiro atoms. The Balaban J connectivity index is 2.84. The summed E-state index contributed by atoms with van der Waals surface area (Å²) < 4.78 is 18.8. The van der Waals surface area contributed by atoms with E-state index in [9.17, 15) is 4.39 Å². The van der Waals surface area contributed by atoms with E-state index in [0.717, 1.165) is 6.42 Å². The molecule has 0 saturated heterocycles. The maximum atomic E-state index is 13.4. The third-order valence-electron chi connectivity index (χ3n) is 2.28. The second kappa shape index (κ2) is 5.71. The molecule has 0 aromatic heterocycles. The zero-order valence-corrected chi connectivity index (χ0v) is 9.29. The molecule has 1 aromatic rings. The minimum Gasteiger partial charge on any atom is -0.494 e. The number of benzene rings is 1. The molecule has 1 aromatic carbocycles. The maximum absolute atomic E-state index is 13.4. The van der Waals surface area contributed by atoms with Crippen LogP contribution >= 0.6 is 0 Å². The molecule has 0 radical (unpaired) electrons. The fourth-order valence-electron chi connectivity index (χ4n) is 1.34. The van der Waals surface area contributed by atoms with Crippen LogP contribution in [-0.4, -0.2) is 6.61 Å². The van der Waals surface area contributed by atoms with E-state index in [2.05, 4.69) is 0 Å². The van der Waals surface area contributed by atoms with Crippen molar-refractivity contribution >= 4 is 0 Å². The predicted octanol–water partition coefficient (Wildman–Crippen LogP) is 3.02. The first-order chi connectivity index (χ1) is 7.19. The topological polar surface area (TPSA) is 35.2 Å². The molecule has 1 atom stereocenters. The van der Waals surface area contributed by atoms with Crippen molar-refractivity contribution < 1.29 is 9.13 Å². The molecule has 0 amide bonds. The SMILES string of the molecule is CCCOc1ccc(F)c(C(N)CC)c1. The Hall–Kier alpha value is -1.09. The van der Waals surface area contributed by atoms with E-state index in [1.807, 2.05) is 13.8 Å². The Kier molecular flexibility index (Phi) is 4.56. The van der Waals surface area contributed by atoms with E-state index >= 15 is 0 Å². The Bertz CT molecular complexity index is 314. The zero-order valence-electron chi connectivity index (χ0n) is 9.29.